The summed E-state index contributed by atoms with van der Waals surface area (Å²) < 4.78 is 5.32. The van der Waals surface area contributed by atoms with Crippen LogP contribution in [0.15, 0.2) is 77.6 Å². The highest BCUT2D eigenvalue weighted by Crippen LogP contribution is 2.33. The molecule has 16 heteroatoms. The van der Waals surface area contributed by atoms with Gasteiger partial charge in [0.25, 0.3) is 11.7 Å². The number of aryl methyl sites for hydroxylation is 1. The number of hydrogen-bond acceptors (Lipinski definition) is 12. The lowest BCUT2D eigenvalue weighted by atomic mass is 9.95. The summed E-state index contributed by atoms with van der Waals surface area (Å²) in [5, 5.41) is 17.9. The van der Waals surface area contributed by atoms with Crippen LogP contribution in [0, 0.1) is 12.8 Å². The largest absolute Gasteiger partial charge is 0.372 e. The lowest BCUT2D eigenvalue weighted by Gasteiger charge is -2.39. The van der Waals surface area contributed by atoms with Crippen LogP contribution < -0.4 is 25.3 Å². The van der Waals surface area contributed by atoms with Crippen molar-refractivity contribution in [2.24, 2.45) is 5.92 Å². The highest BCUT2D eigenvalue weighted by Gasteiger charge is 2.28. The van der Waals surface area contributed by atoms with Crippen LogP contribution in [-0.4, -0.2) is 105 Å². The Morgan fingerprint density at radius 1 is 0.857 bits per heavy atom. The molecule has 3 fully saturated rings. The van der Waals surface area contributed by atoms with Crippen molar-refractivity contribution < 1.29 is 18.9 Å². The molecule has 1 atom stereocenters. The summed E-state index contributed by atoms with van der Waals surface area (Å²) in [6, 6.07) is 20.4. The lowest BCUT2D eigenvalue weighted by molar-refractivity contribution is -0.120. The molecular weight excluding hydrogens is 797 g/mol. The molecule has 16 nitrogen and oxygen atoms in total. The molecule has 0 radical (unpaired) electrons. The number of nitrogens with zero attached hydrogens (tertiary/aromatic N) is 9. The number of piperidine rings is 1. The van der Waals surface area contributed by atoms with Crippen molar-refractivity contribution in [3.05, 3.63) is 95.9 Å². The second-order valence-electron chi connectivity index (χ2n) is 18.0. The molecule has 3 aliphatic heterocycles. The minimum atomic E-state index is -0.392. The van der Waals surface area contributed by atoms with Crippen LogP contribution in [0.5, 0.6) is 0 Å². The van der Waals surface area contributed by atoms with Gasteiger partial charge in [0.15, 0.2) is 5.65 Å². The number of fused-ring (bicyclic) bond motifs is 1. The van der Waals surface area contributed by atoms with Gasteiger partial charge >= 0.3 is 6.03 Å². The number of H-pyrrole nitrogens is 1. The summed E-state index contributed by atoms with van der Waals surface area (Å²) >= 11 is 0. The number of pyridine rings is 2. The Morgan fingerprint density at radius 2 is 1.60 bits per heavy atom. The fraction of sp³-hybridized carbons (Fsp3) is 0.404. The van der Waals surface area contributed by atoms with Crippen molar-refractivity contribution in [3.63, 3.8) is 0 Å². The number of carbonyl (C=O) groups is 3. The van der Waals surface area contributed by atoms with Gasteiger partial charge < -0.3 is 19.6 Å². The molecule has 2 aromatic carbocycles. The third kappa shape index (κ3) is 8.98. The Morgan fingerprint density at radius 3 is 2.29 bits per heavy atom. The van der Waals surface area contributed by atoms with Gasteiger partial charge in [-0.1, -0.05) is 50.2 Å². The van der Waals surface area contributed by atoms with Gasteiger partial charge in [-0.25, -0.2) is 14.8 Å². The minimum absolute atomic E-state index is 0.0235. The molecule has 6 aromatic rings. The van der Waals surface area contributed by atoms with E-state index >= 15 is 0 Å². The van der Waals surface area contributed by atoms with Crippen molar-refractivity contribution in [2.75, 3.05) is 67.1 Å². The van der Waals surface area contributed by atoms with Gasteiger partial charge in [-0.15, -0.1) is 0 Å². The topological polar surface area (TPSA) is 182 Å². The minimum Gasteiger partial charge on any atom is -0.372 e. The van der Waals surface area contributed by atoms with E-state index in [4.69, 9.17) is 9.51 Å². The zero-order valence-electron chi connectivity index (χ0n) is 36.5. The fourth-order valence-corrected chi connectivity index (χ4v) is 8.85. The predicted octanol–water partition coefficient (Wildman–Crippen LogP) is 6.65. The predicted molar refractivity (Wildman–Crippen MR) is 242 cm³/mol. The van der Waals surface area contributed by atoms with Gasteiger partial charge in [-0.2, -0.15) is 10.1 Å². The van der Waals surface area contributed by atoms with Crippen LogP contribution in [-0.2, 0) is 10.2 Å². The Labute approximate surface area is 366 Å². The van der Waals surface area contributed by atoms with Crippen LogP contribution in [0.1, 0.15) is 80.6 Å². The van der Waals surface area contributed by atoms with Crippen LogP contribution in [0.3, 0.4) is 0 Å². The molecule has 0 spiro atoms. The monoisotopic (exact) mass is 850 g/mol. The molecular formula is C47H54N12O4. The first-order valence-corrected chi connectivity index (χ1v) is 21.9. The van der Waals surface area contributed by atoms with E-state index in [9.17, 15) is 14.4 Å². The summed E-state index contributed by atoms with van der Waals surface area (Å²) in [5.74, 6) is 1.41. The maximum absolute atomic E-state index is 13.0. The Balaban J connectivity index is 0.767. The number of nitrogens with one attached hydrogen (secondary N) is 3. The smallest absolute Gasteiger partial charge is 0.328 e. The number of anilines is 3. The van der Waals surface area contributed by atoms with Gasteiger partial charge in [0, 0.05) is 92.6 Å². The fourth-order valence-electron chi connectivity index (χ4n) is 8.85. The first-order chi connectivity index (χ1) is 30.4. The molecule has 3 N–H and O–H groups in total. The van der Waals surface area contributed by atoms with E-state index in [0.29, 0.717) is 36.1 Å². The van der Waals surface area contributed by atoms with Crippen LogP contribution in [0.2, 0.25) is 0 Å². The Hall–Kier alpha value is -6.68. The number of amides is 4. The molecule has 1 unspecified atom stereocenters. The number of imide groups is 1. The standard InChI is InChI=1S/C47H54N12O4/c1-29-24-33(8-12-37(29)30(2)50-44(61)43-52-45(63-55-43)47(3,4)5)41-38-25-34(26-49-42(38)54-53-41)32-6-9-35(10-7-32)57-17-14-31(15-18-57)28-56-20-22-58(23-21-56)39-13-11-36(27-48-39)59-19-16-40(60)51-46(59)62/h6-13,24-27,30-31H,14-23,28H2,1-5H3,(H,50,61)(H,49,53,54)(H,51,60,62). The molecule has 7 heterocycles. The molecule has 326 valence electrons. The summed E-state index contributed by atoms with van der Waals surface area (Å²) in [4.78, 5) is 59.3. The molecule has 0 aliphatic carbocycles. The summed E-state index contributed by atoms with van der Waals surface area (Å²) in [6.07, 6.45) is 6.23. The SMILES string of the molecule is Cc1cc(-c2[nH]nc3ncc(-c4ccc(N5CCC(CN6CCN(c7ccc(N8CCC(=O)NC8=O)cn7)CC6)CC5)cc4)cc23)ccc1C(C)NC(=O)c1noc(C(C)(C)C)n1. The van der Waals surface area contributed by atoms with E-state index in [2.05, 4.69) is 87.1 Å². The van der Waals surface area contributed by atoms with Crippen molar-refractivity contribution in [2.45, 2.75) is 65.3 Å². The number of benzene rings is 2. The van der Waals surface area contributed by atoms with Gasteiger partial charge in [0.05, 0.1) is 23.6 Å². The third-order valence-corrected chi connectivity index (χ3v) is 12.5. The molecule has 4 aromatic heterocycles. The van der Waals surface area contributed by atoms with Gasteiger partial charge in [0.2, 0.25) is 11.8 Å². The van der Waals surface area contributed by atoms with E-state index < -0.39 is 6.03 Å². The number of piperazine rings is 1. The van der Waals surface area contributed by atoms with Crippen molar-refractivity contribution in [1.29, 1.82) is 0 Å². The summed E-state index contributed by atoms with van der Waals surface area (Å²) in [7, 11) is 0. The van der Waals surface area contributed by atoms with E-state index in [-0.39, 0.29) is 29.1 Å². The second-order valence-corrected chi connectivity index (χ2v) is 18.0. The Bertz CT molecular complexity index is 2620. The molecule has 3 saturated heterocycles. The zero-order valence-corrected chi connectivity index (χ0v) is 36.5. The molecule has 63 heavy (non-hydrogen) atoms. The van der Waals surface area contributed by atoms with E-state index in [1.54, 1.807) is 11.1 Å². The van der Waals surface area contributed by atoms with E-state index in [1.165, 1.54) is 5.69 Å². The first kappa shape index (κ1) is 41.7. The molecule has 0 bridgehead atoms. The Kier molecular flexibility index (Phi) is 11.4. The number of aromatic amines is 1. The second kappa shape index (κ2) is 17.2. The average molecular weight is 851 g/mol. The average Bonchev–Trinajstić information content (AvgIpc) is 3.96. The van der Waals surface area contributed by atoms with Crippen LogP contribution in [0.4, 0.5) is 22.0 Å². The highest BCUT2D eigenvalue weighted by atomic mass is 16.5. The molecule has 9 rings (SSSR count). The molecule has 4 amide bonds. The summed E-state index contributed by atoms with van der Waals surface area (Å²) in [5.41, 5.74) is 8.26. The lowest BCUT2D eigenvalue weighted by Crippen LogP contribution is -2.50. The van der Waals surface area contributed by atoms with Gasteiger partial charge in [-0.3, -0.25) is 29.8 Å². The summed E-state index contributed by atoms with van der Waals surface area (Å²) in [6.45, 7) is 17.2. The molecule has 3 aliphatic rings. The normalized spacial score (nSPS) is 17.3. The van der Waals surface area contributed by atoms with Crippen molar-refractivity contribution in [3.8, 4) is 22.4 Å². The third-order valence-electron chi connectivity index (χ3n) is 12.5. The molecule has 0 saturated carbocycles. The van der Waals surface area contributed by atoms with Gasteiger partial charge in [0.1, 0.15) is 5.82 Å². The highest BCUT2D eigenvalue weighted by molar-refractivity contribution is 6.05. The quantitative estimate of drug-likeness (QED) is 0.134. The van der Waals surface area contributed by atoms with Crippen LogP contribution in [0.25, 0.3) is 33.4 Å². The van der Waals surface area contributed by atoms with Crippen LogP contribution >= 0.6 is 0 Å². The zero-order chi connectivity index (χ0) is 43.8. The number of aromatic nitrogens is 6. The van der Waals surface area contributed by atoms with E-state index in [0.717, 1.165) is 103 Å². The maximum Gasteiger partial charge on any atom is 0.328 e. The van der Waals surface area contributed by atoms with E-state index in [1.807, 2.05) is 65.1 Å². The van der Waals surface area contributed by atoms with Crippen molar-refractivity contribution in [1.82, 2.24) is 45.8 Å². The maximum atomic E-state index is 13.0. The van der Waals surface area contributed by atoms with Gasteiger partial charge in [-0.05, 0) is 85.7 Å². The number of hydrogen-bond donors (Lipinski definition) is 3. The first-order valence-electron chi connectivity index (χ1n) is 21.9. The number of carbonyl (C=O) groups excluding carboxylic acids is 3. The van der Waals surface area contributed by atoms with Crippen molar-refractivity contribution >= 4 is 46.1 Å². The number of rotatable bonds is 10. The number of urea groups is 1.